The number of aromatic nitrogens is 3. The van der Waals surface area contributed by atoms with Crippen molar-refractivity contribution in [2.75, 3.05) is 31.1 Å². The number of hydrogen-bond acceptors (Lipinski definition) is 5. The monoisotopic (exact) mass is 393 g/mol. The molecule has 29 heavy (non-hydrogen) atoms. The van der Waals surface area contributed by atoms with Gasteiger partial charge in [0.25, 0.3) is 0 Å². The summed E-state index contributed by atoms with van der Waals surface area (Å²) in [5.74, 6) is 1.33. The summed E-state index contributed by atoms with van der Waals surface area (Å²) in [6, 6.07) is 4.02. The number of anilines is 1. The lowest BCUT2D eigenvalue weighted by Crippen LogP contribution is -2.41. The van der Waals surface area contributed by atoms with E-state index in [4.69, 9.17) is 9.97 Å². The van der Waals surface area contributed by atoms with Crippen LogP contribution in [0.5, 0.6) is 0 Å². The van der Waals surface area contributed by atoms with Gasteiger partial charge in [-0.15, -0.1) is 0 Å². The third-order valence-electron chi connectivity index (χ3n) is 6.03. The van der Waals surface area contributed by atoms with E-state index < -0.39 is 0 Å². The number of pyridine rings is 1. The van der Waals surface area contributed by atoms with Gasteiger partial charge in [-0.05, 0) is 38.2 Å². The van der Waals surface area contributed by atoms with Crippen LogP contribution in [0.2, 0.25) is 0 Å². The normalized spacial score (nSPS) is 20.2. The standard InChI is InChI=1S/C23H31N5O/c1-17(2)22(29)28-13-7-9-19(16-28)21-20(18-8-6-10-24-14-18)15-25-23(26-21)27-11-4-3-5-12-27/h6,8,10,14-15,17,19H,3-5,7,9,11-13,16H2,1-2H3/t19-/m0/s1. The van der Waals surface area contributed by atoms with E-state index in [2.05, 4.69) is 16.0 Å². The van der Waals surface area contributed by atoms with Gasteiger partial charge in [0.05, 0.1) is 5.69 Å². The maximum Gasteiger partial charge on any atom is 0.225 e. The Morgan fingerprint density at radius 3 is 2.66 bits per heavy atom. The number of carbonyl (C=O) groups is 1. The molecule has 2 fully saturated rings. The molecule has 0 aliphatic carbocycles. The molecule has 1 amide bonds. The largest absolute Gasteiger partial charge is 0.342 e. The van der Waals surface area contributed by atoms with Crippen LogP contribution >= 0.6 is 0 Å². The molecule has 0 aromatic carbocycles. The van der Waals surface area contributed by atoms with Crippen molar-refractivity contribution in [1.29, 1.82) is 0 Å². The highest BCUT2D eigenvalue weighted by Gasteiger charge is 2.29. The second-order valence-electron chi connectivity index (χ2n) is 8.54. The van der Waals surface area contributed by atoms with Crippen LogP contribution in [0.25, 0.3) is 11.1 Å². The number of piperidine rings is 2. The van der Waals surface area contributed by atoms with Crippen molar-refractivity contribution in [2.24, 2.45) is 5.92 Å². The number of rotatable bonds is 4. The molecular formula is C23H31N5O. The molecule has 6 heteroatoms. The van der Waals surface area contributed by atoms with Crippen LogP contribution in [0.3, 0.4) is 0 Å². The number of likely N-dealkylation sites (tertiary alicyclic amines) is 1. The first-order chi connectivity index (χ1) is 14.1. The van der Waals surface area contributed by atoms with E-state index in [0.29, 0.717) is 0 Å². The fourth-order valence-electron chi connectivity index (χ4n) is 4.45. The molecule has 2 aliphatic heterocycles. The van der Waals surface area contributed by atoms with Crippen molar-refractivity contribution in [1.82, 2.24) is 19.9 Å². The molecule has 2 aliphatic rings. The molecule has 2 aromatic rings. The zero-order valence-electron chi connectivity index (χ0n) is 17.5. The Kier molecular flexibility index (Phi) is 6.07. The Morgan fingerprint density at radius 2 is 1.93 bits per heavy atom. The van der Waals surface area contributed by atoms with Gasteiger partial charge in [0.1, 0.15) is 0 Å². The Hall–Kier alpha value is -2.50. The fourth-order valence-corrected chi connectivity index (χ4v) is 4.45. The summed E-state index contributed by atoms with van der Waals surface area (Å²) >= 11 is 0. The predicted molar refractivity (Wildman–Crippen MR) is 115 cm³/mol. The van der Waals surface area contributed by atoms with Gasteiger partial charge in [-0.3, -0.25) is 9.78 Å². The van der Waals surface area contributed by atoms with Gasteiger partial charge in [0, 0.05) is 67.7 Å². The van der Waals surface area contributed by atoms with Gasteiger partial charge in [0.15, 0.2) is 0 Å². The van der Waals surface area contributed by atoms with Crippen LogP contribution in [0, 0.1) is 5.92 Å². The maximum absolute atomic E-state index is 12.6. The summed E-state index contributed by atoms with van der Waals surface area (Å²) in [5.41, 5.74) is 3.15. The van der Waals surface area contributed by atoms with Crippen molar-refractivity contribution in [2.45, 2.75) is 51.9 Å². The van der Waals surface area contributed by atoms with Gasteiger partial charge in [0.2, 0.25) is 11.9 Å². The van der Waals surface area contributed by atoms with Crippen molar-refractivity contribution >= 4 is 11.9 Å². The van der Waals surface area contributed by atoms with E-state index in [0.717, 1.165) is 61.8 Å². The molecule has 4 rings (SSSR count). The number of carbonyl (C=O) groups excluding carboxylic acids is 1. The maximum atomic E-state index is 12.6. The fraction of sp³-hybridized carbons (Fsp3) is 0.565. The Bertz CT molecular complexity index is 832. The molecule has 0 saturated carbocycles. The van der Waals surface area contributed by atoms with E-state index in [-0.39, 0.29) is 17.7 Å². The lowest BCUT2D eigenvalue weighted by Gasteiger charge is -2.35. The predicted octanol–water partition coefficient (Wildman–Crippen LogP) is 3.89. The minimum Gasteiger partial charge on any atom is -0.342 e. The van der Waals surface area contributed by atoms with Crippen LogP contribution in [-0.4, -0.2) is 51.9 Å². The summed E-state index contributed by atoms with van der Waals surface area (Å²) in [7, 11) is 0. The van der Waals surface area contributed by atoms with Crippen molar-refractivity contribution in [3.63, 3.8) is 0 Å². The molecule has 0 bridgehead atoms. The van der Waals surface area contributed by atoms with Crippen LogP contribution < -0.4 is 4.90 Å². The molecule has 6 nitrogen and oxygen atoms in total. The topological polar surface area (TPSA) is 62.2 Å². The van der Waals surface area contributed by atoms with Crippen molar-refractivity contribution in [3.05, 3.63) is 36.4 Å². The second kappa shape index (κ2) is 8.89. The number of nitrogens with zero attached hydrogens (tertiary/aromatic N) is 5. The first-order valence-electron chi connectivity index (χ1n) is 10.9. The number of hydrogen-bond donors (Lipinski definition) is 0. The first kappa shape index (κ1) is 19.8. The van der Waals surface area contributed by atoms with Crippen molar-refractivity contribution < 1.29 is 4.79 Å². The summed E-state index contributed by atoms with van der Waals surface area (Å²) in [5, 5.41) is 0. The van der Waals surface area contributed by atoms with E-state index in [1.807, 2.05) is 37.2 Å². The van der Waals surface area contributed by atoms with Gasteiger partial charge in [-0.25, -0.2) is 9.97 Å². The van der Waals surface area contributed by atoms with Crippen LogP contribution in [0.4, 0.5) is 5.95 Å². The highest BCUT2D eigenvalue weighted by atomic mass is 16.2. The molecule has 1 atom stereocenters. The summed E-state index contributed by atoms with van der Waals surface area (Å²) in [4.78, 5) is 31.0. The lowest BCUT2D eigenvalue weighted by molar-refractivity contribution is -0.135. The average Bonchev–Trinajstić information content (AvgIpc) is 2.79. The van der Waals surface area contributed by atoms with Gasteiger partial charge >= 0.3 is 0 Å². The molecule has 0 spiro atoms. The van der Waals surface area contributed by atoms with Gasteiger partial charge in [-0.1, -0.05) is 19.9 Å². The van der Waals surface area contributed by atoms with Crippen LogP contribution in [-0.2, 0) is 4.79 Å². The molecule has 154 valence electrons. The minimum atomic E-state index is 0.0286. The summed E-state index contributed by atoms with van der Waals surface area (Å²) < 4.78 is 0. The van der Waals surface area contributed by atoms with E-state index in [9.17, 15) is 4.79 Å². The first-order valence-corrected chi connectivity index (χ1v) is 10.9. The smallest absolute Gasteiger partial charge is 0.225 e. The van der Waals surface area contributed by atoms with E-state index in [1.54, 1.807) is 6.20 Å². The molecule has 2 aromatic heterocycles. The minimum absolute atomic E-state index is 0.0286. The molecule has 2 saturated heterocycles. The highest BCUT2D eigenvalue weighted by Crippen LogP contribution is 2.34. The van der Waals surface area contributed by atoms with Crippen LogP contribution in [0.1, 0.15) is 57.6 Å². The average molecular weight is 394 g/mol. The molecule has 0 radical (unpaired) electrons. The third kappa shape index (κ3) is 4.41. The Morgan fingerprint density at radius 1 is 1.10 bits per heavy atom. The second-order valence-corrected chi connectivity index (χ2v) is 8.54. The lowest BCUT2D eigenvalue weighted by atomic mass is 9.90. The van der Waals surface area contributed by atoms with Gasteiger partial charge in [-0.2, -0.15) is 0 Å². The summed E-state index contributed by atoms with van der Waals surface area (Å²) in [6.07, 6.45) is 11.4. The van der Waals surface area contributed by atoms with Crippen molar-refractivity contribution in [3.8, 4) is 11.1 Å². The quantitative estimate of drug-likeness (QED) is 0.789. The Balaban J connectivity index is 1.69. The Labute approximate surface area is 173 Å². The highest BCUT2D eigenvalue weighted by molar-refractivity contribution is 5.78. The van der Waals surface area contributed by atoms with Crippen LogP contribution in [0.15, 0.2) is 30.7 Å². The molecule has 0 N–H and O–H groups in total. The number of amides is 1. The summed E-state index contributed by atoms with van der Waals surface area (Å²) in [6.45, 7) is 7.58. The van der Waals surface area contributed by atoms with E-state index in [1.165, 1.54) is 19.3 Å². The van der Waals surface area contributed by atoms with Gasteiger partial charge < -0.3 is 9.80 Å². The molecular weight excluding hydrogens is 362 g/mol. The molecule has 4 heterocycles. The van der Waals surface area contributed by atoms with E-state index >= 15 is 0 Å². The zero-order chi connectivity index (χ0) is 20.2. The molecule has 0 unspecified atom stereocenters. The third-order valence-corrected chi connectivity index (χ3v) is 6.03. The SMILES string of the molecule is CC(C)C(=O)N1CCC[C@H](c2nc(N3CCCCC3)ncc2-c2cccnc2)C1. The zero-order valence-corrected chi connectivity index (χ0v) is 17.5.